The molecule has 0 saturated carbocycles. The summed E-state index contributed by atoms with van der Waals surface area (Å²) in [6.07, 6.45) is 9.07. The third kappa shape index (κ3) is 2.92. The molecule has 0 bridgehead atoms. The van der Waals surface area contributed by atoms with E-state index in [2.05, 4.69) is 30.9 Å². The zero-order valence-corrected chi connectivity index (χ0v) is 9.01. The smallest absolute Gasteiger partial charge is 0.0370 e. The predicted octanol–water partition coefficient (Wildman–Crippen LogP) is 3.29. The van der Waals surface area contributed by atoms with Crippen LogP contribution in [0.1, 0.15) is 20.3 Å². The van der Waals surface area contributed by atoms with Gasteiger partial charge in [-0.2, -0.15) is 0 Å². The highest BCUT2D eigenvalue weighted by Crippen LogP contribution is 2.17. The van der Waals surface area contributed by atoms with Crippen LogP contribution in [0.25, 0.3) is 0 Å². The molecule has 0 heterocycles. The van der Waals surface area contributed by atoms with Gasteiger partial charge in [0.25, 0.3) is 0 Å². The van der Waals surface area contributed by atoms with Crippen molar-refractivity contribution in [1.82, 2.24) is 4.90 Å². The normalized spacial score (nSPS) is 16.2. The quantitative estimate of drug-likeness (QED) is 0.671. The summed E-state index contributed by atoms with van der Waals surface area (Å²) in [5.41, 5.74) is 1.34. The van der Waals surface area contributed by atoms with Gasteiger partial charge in [-0.05, 0) is 26.0 Å². The Balaban J connectivity index is 2.71. The molecule has 1 aliphatic carbocycles. The van der Waals surface area contributed by atoms with Crippen LogP contribution in [0.5, 0.6) is 0 Å². The van der Waals surface area contributed by atoms with E-state index in [0.29, 0.717) is 0 Å². The fraction of sp³-hybridized carbons (Fsp3) is 0.455. The van der Waals surface area contributed by atoms with Crippen LogP contribution in [0.3, 0.4) is 0 Å². The Bertz CT molecular complexity index is 244. The molecule has 13 heavy (non-hydrogen) atoms. The molecule has 0 fully saturated rings. The highest BCUT2D eigenvalue weighted by atomic mass is 35.5. The summed E-state index contributed by atoms with van der Waals surface area (Å²) in [4.78, 5) is 2.34. The van der Waals surface area contributed by atoms with Gasteiger partial charge in [-0.15, -0.1) is 0 Å². The molecular formula is C11H16ClN. The number of hydrogen-bond acceptors (Lipinski definition) is 1. The van der Waals surface area contributed by atoms with Gasteiger partial charge in [-0.1, -0.05) is 23.8 Å². The molecule has 0 radical (unpaired) electrons. The number of nitrogens with zero attached hydrogens (tertiary/aromatic N) is 1. The number of halogens is 1. The topological polar surface area (TPSA) is 3.24 Å². The Morgan fingerprint density at radius 2 is 2.08 bits per heavy atom. The molecule has 1 rings (SSSR count). The van der Waals surface area contributed by atoms with Gasteiger partial charge >= 0.3 is 0 Å². The highest BCUT2D eigenvalue weighted by molar-refractivity contribution is 6.31. The number of rotatable bonds is 3. The summed E-state index contributed by atoms with van der Waals surface area (Å²) in [6, 6.07) is 0. The zero-order valence-electron chi connectivity index (χ0n) is 8.26. The van der Waals surface area contributed by atoms with Crippen molar-refractivity contribution >= 4 is 11.6 Å². The van der Waals surface area contributed by atoms with Gasteiger partial charge in [0.05, 0.1) is 0 Å². The van der Waals surface area contributed by atoms with Crippen molar-refractivity contribution in [1.29, 1.82) is 0 Å². The maximum atomic E-state index is 5.90. The first-order chi connectivity index (χ1) is 6.27. The molecule has 0 spiro atoms. The zero-order chi connectivity index (χ0) is 9.68. The van der Waals surface area contributed by atoms with Crippen LogP contribution in [0.2, 0.25) is 0 Å². The molecule has 0 aromatic rings. The molecule has 1 aliphatic rings. The van der Waals surface area contributed by atoms with Crippen molar-refractivity contribution in [3.63, 3.8) is 0 Å². The molecule has 0 amide bonds. The van der Waals surface area contributed by atoms with Crippen LogP contribution in [0.4, 0.5) is 0 Å². The van der Waals surface area contributed by atoms with Crippen LogP contribution in [-0.2, 0) is 0 Å². The molecule has 0 saturated heterocycles. The second-order valence-corrected chi connectivity index (χ2v) is 3.42. The van der Waals surface area contributed by atoms with Crippen molar-refractivity contribution in [3.8, 4) is 0 Å². The first-order valence-electron chi connectivity index (χ1n) is 4.75. The van der Waals surface area contributed by atoms with Crippen LogP contribution in [0.15, 0.2) is 35.0 Å². The minimum Gasteiger partial charge on any atom is -0.375 e. The van der Waals surface area contributed by atoms with Gasteiger partial charge in [0.15, 0.2) is 0 Å². The predicted molar refractivity (Wildman–Crippen MR) is 58.7 cm³/mol. The van der Waals surface area contributed by atoms with Gasteiger partial charge < -0.3 is 4.90 Å². The largest absolute Gasteiger partial charge is 0.375 e. The lowest BCUT2D eigenvalue weighted by Crippen LogP contribution is -2.21. The summed E-state index contributed by atoms with van der Waals surface area (Å²) < 4.78 is 0. The Labute approximate surface area is 85.4 Å². The Hall–Kier alpha value is -0.690. The van der Waals surface area contributed by atoms with E-state index in [-0.39, 0.29) is 0 Å². The maximum Gasteiger partial charge on any atom is 0.0370 e. The van der Waals surface area contributed by atoms with E-state index in [1.165, 1.54) is 5.70 Å². The molecule has 0 atom stereocenters. The van der Waals surface area contributed by atoms with Gasteiger partial charge in [-0.25, -0.2) is 0 Å². The van der Waals surface area contributed by atoms with E-state index < -0.39 is 0 Å². The maximum absolute atomic E-state index is 5.90. The van der Waals surface area contributed by atoms with Gasteiger partial charge in [0.1, 0.15) is 0 Å². The summed E-state index contributed by atoms with van der Waals surface area (Å²) in [5, 5.41) is 0.832. The summed E-state index contributed by atoms with van der Waals surface area (Å²) in [5.74, 6) is 0. The average Bonchev–Trinajstić information content (AvgIpc) is 2.34. The fourth-order valence-corrected chi connectivity index (χ4v) is 1.60. The van der Waals surface area contributed by atoms with Crippen molar-refractivity contribution < 1.29 is 0 Å². The van der Waals surface area contributed by atoms with Crippen LogP contribution in [0, 0.1) is 0 Å². The van der Waals surface area contributed by atoms with Crippen molar-refractivity contribution in [2.45, 2.75) is 20.3 Å². The molecule has 1 nitrogen and oxygen atoms in total. The summed E-state index contributed by atoms with van der Waals surface area (Å²) in [7, 11) is 0. The van der Waals surface area contributed by atoms with E-state index in [1.807, 2.05) is 12.2 Å². The van der Waals surface area contributed by atoms with Gasteiger partial charge in [0.2, 0.25) is 0 Å². The van der Waals surface area contributed by atoms with Crippen LogP contribution < -0.4 is 0 Å². The van der Waals surface area contributed by atoms with Crippen LogP contribution >= 0.6 is 11.6 Å². The molecule has 72 valence electrons. The highest BCUT2D eigenvalue weighted by Gasteiger charge is 2.04. The third-order valence-corrected chi connectivity index (χ3v) is 2.50. The number of hydrogen-bond donors (Lipinski definition) is 0. The third-order valence-electron chi connectivity index (χ3n) is 2.22. The minimum atomic E-state index is 0.832. The molecule has 0 aromatic heterocycles. The standard InChI is InChI=1S/C11H16ClN/c1-3-13(4-2)11-7-5-6-10(12)8-9-11/h5-8H,3-4,9H2,1-2H3. The molecule has 0 N–H and O–H groups in total. The molecule has 2 heteroatoms. The summed E-state index contributed by atoms with van der Waals surface area (Å²) in [6.45, 7) is 6.46. The lowest BCUT2D eigenvalue weighted by atomic mass is 10.2. The molecule has 0 aliphatic heterocycles. The SMILES string of the molecule is CCN(CC)C1=CC=CC(Cl)=CC1. The fourth-order valence-electron chi connectivity index (χ4n) is 1.45. The van der Waals surface area contributed by atoms with Crippen LogP contribution in [-0.4, -0.2) is 18.0 Å². The molecule has 0 aromatic carbocycles. The average molecular weight is 198 g/mol. The monoisotopic (exact) mass is 197 g/mol. The first kappa shape index (κ1) is 10.4. The van der Waals surface area contributed by atoms with E-state index in [9.17, 15) is 0 Å². The molecule has 0 unspecified atom stereocenters. The van der Waals surface area contributed by atoms with Crippen molar-refractivity contribution in [3.05, 3.63) is 35.0 Å². The van der Waals surface area contributed by atoms with E-state index >= 15 is 0 Å². The number of allylic oxidation sites excluding steroid dienone is 5. The summed E-state index contributed by atoms with van der Waals surface area (Å²) >= 11 is 5.90. The Morgan fingerprint density at radius 1 is 1.38 bits per heavy atom. The molecular weight excluding hydrogens is 182 g/mol. The van der Waals surface area contributed by atoms with Gasteiger partial charge in [0, 0.05) is 30.2 Å². The van der Waals surface area contributed by atoms with E-state index in [1.54, 1.807) is 0 Å². The van der Waals surface area contributed by atoms with E-state index in [0.717, 1.165) is 24.5 Å². The second kappa shape index (κ2) is 5.13. The van der Waals surface area contributed by atoms with E-state index in [4.69, 9.17) is 11.6 Å². The van der Waals surface area contributed by atoms with Crippen molar-refractivity contribution in [2.24, 2.45) is 0 Å². The van der Waals surface area contributed by atoms with Crippen molar-refractivity contribution in [2.75, 3.05) is 13.1 Å². The second-order valence-electron chi connectivity index (χ2n) is 2.98. The van der Waals surface area contributed by atoms with Gasteiger partial charge in [-0.3, -0.25) is 0 Å². The lowest BCUT2D eigenvalue weighted by molar-refractivity contribution is 0.376. The first-order valence-corrected chi connectivity index (χ1v) is 5.13. The Kier molecular flexibility index (Phi) is 4.10. The Morgan fingerprint density at radius 3 is 2.69 bits per heavy atom. The minimum absolute atomic E-state index is 0.832. The lowest BCUT2D eigenvalue weighted by Gasteiger charge is -2.23.